The Morgan fingerprint density at radius 3 is 2.74 bits per heavy atom. The van der Waals surface area contributed by atoms with E-state index in [2.05, 4.69) is 33.4 Å². The normalized spacial score (nSPS) is 17.0. The molecular formula is C14H19BrN2O2. The predicted molar refractivity (Wildman–Crippen MR) is 77.8 cm³/mol. The first-order valence-corrected chi connectivity index (χ1v) is 7.12. The van der Waals surface area contributed by atoms with E-state index < -0.39 is 11.7 Å². The Labute approximate surface area is 121 Å². The maximum absolute atomic E-state index is 10.8. The Morgan fingerprint density at radius 2 is 2.21 bits per heavy atom. The fraction of sp³-hybridized carbons (Fsp3) is 0.500. The highest BCUT2D eigenvalue weighted by atomic mass is 79.9. The van der Waals surface area contributed by atoms with E-state index in [1.165, 1.54) is 5.56 Å². The minimum atomic E-state index is -0.737. The van der Waals surface area contributed by atoms with Crippen LogP contribution < -0.4 is 11.1 Å². The number of amides is 1. The fourth-order valence-corrected chi connectivity index (χ4v) is 2.57. The van der Waals surface area contributed by atoms with Crippen LogP contribution in [0.5, 0.6) is 0 Å². The number of nitrogens with one attached hydrogen (secondary N) is 1. The molecule has 1 saturated carbocycles. The van der Waals surface area contributed by atoms with Gasteiger partial charge in [-0.25, -0.2) is 4.79 Å². The summed E-state index contributed by atoms with van der Waals surface area (Å²) < 4.78 is 6.16. The second-order valence-corrected chi connectivity index (χ2v) is 6.54. The van der Waals surface area contributed by atoms with Crippen LogP contribution in [0.1, 0.15) is 32.3 Å². The first-order valence-electron chi connectivity index (χ1n) is 6.33. The summed E-state index contributed by atoms with van der Waals surface area (Å²) in [6, 6.07) is 8.29. The maximum Gasteiger partial charge on any atom is 0.405 e. The molecule has 0 heterocycles. The smallest absolute Gasteiger partial charge is 0.405 e. The number of hydrogen-bond acceptors (Lipinski definition) is 3. The number of nitrogens with two attached hydrogens (primary N) is 1. The number of halogens is 1. The maximum atomic E-state index is 10.8. The zero-order valence-electron chi connectivity index (χ0n) is 11.2. The summed E-state index contributed by atoms with van der Waals surface area (Å²) in [6.45, 7) is 4.27. The summed E-state index contributed by atoms with van der Waals surface area (Å²) in [5.41, 5.74) is 5.74. The van der Waals surface area contributed by atoms with Crippen LogP contribution >= 0.6 is 15.9 Å². The number of ether oxygens (including phenoxy) is 1. The highest BCUT2D eigenvalue weighted by Gasteiger charge is 2.45. The average molecular weight is 327 g/mol. The van der Waals surface area contributed by atoms with Crippen molar-refractivity contribution >= 4 is 22.0 Å². The molecule has 0 bridgehead atoms. The molecule has 4 nitrogen and oxygen atoms in total. The first-order chi connectivity index (χ1) is 8.83. The van der Waals surface area contributed by atoms with Crippen molar-refractivity contribution in [2.24, 2.45) is 5.73 Å². The molecule has 19 heavy (non-hydrogen) atoms. The summed E-state index contributed by atoms with van der Waals surface area (Å²) in [7, 11) is 0. The van der Waals surface area contributed by atoms with Crippen LogP contribution in [0.25, 0.3) is 0 Å². The Hall–Kier alpha value is -1.07. The van der Waals surface area contributed by atoms with E-state index in [0.29, 0.717) is 6.54 Å². The standard InChI is InChI=1S/C14H19BrN2O2/c1-13(2,19-12(16)18)9-17-14(6-7-14)10-4-3-5-11(15)8-10/h3-5,8,17H,6-7,9H2,1-2H3,(H2,16,18). The van der Waals surface area contributed by atoms with Gasteiger partial charge in [-0.2, -0.15) is 0 Å². The molecule has 1 aliphatic rings. The number of rotatable bonds is 5. The molecule has 1 aliphatic carbocycles. The number of hydrogen-bond donors (Lipinski definition) is 2. The van der Waals surface area contributed by atoms with Crippen molar-refractivity contribution in [1.82, 2.24) is 5.32 Å². The number of primary amides is 1. The molecule has 1 aromatic rings. The van der Waals surface area contributed by atoms with Gasteiger partial charge in [0.1, 0.15) is 5.60 Å². The topological polar surface area (TPSA) is 64.3 Å². The summed E-state index contributed by atoms with van der Waals surface area (Å²) >= 11 is 3.49. The molecule has 1 amide bonds. The number of carbonyl (C=O) groups is 1. The third kappa shape index (κ3) is 3.70. The van der Waals surface area contributed by atoms with Crippen molar-refractivity contribution in [1.29, 1.82) is 0 Å². The molecule has 0 atom stereocenters. The van der Waals surface area contributed by atoms with Crippen molar-refractivity contribution in [2.45, 2.75) is 37.8 Å². The SMILES string of the molecule is CC(C)(CNC1(c2cccc(Br)c2)CC1)OC(N)=O. The quantitative estimate of drug-likeness (QED) is 0.874. The van der Waals surface area contributed by atoms with Crippen LogP contribution in [0.3, 0.4) is 0 Å². The largest absolute Gasteiger partial charge is 0.442 e. The van der Waals surface area contributed by atoms with Crippen molar-refractivity contribution in [3.63, 3.8) is 0 Å². The van der Waals surface area contributed by atoms with Crippen LogP contribution in [0, 0.1) is 0 Å². The van der Waals surface area contributed by atoms with Crippen LogP contribution in [0.4, 0.5) is 4.79 Å². The molecule has 2 rings (SSSR count). The van der Waals surface area contributed by atoms with E-state index >= 15 is 0 Å². The molecule has 3 N–H and O–H groups in total. The van der Waals surface area contributed by atoms with Gasteiger partial charge in [0, 0.05) is 16.6 Å². The molecular weight excluding hydrogens is 308 g/mol. The zero-order chi connectivity index (χ0) is 14.1. The molecule has 0 aromatic heterocycles. The van der Waals surface area contributed by atoms with Gasteiger partial charge < -0.3 is 15.8 Å². The van der Waals surface area contributed by atoms with E-state index in [1.54, 1.807) is 0 Å². The number of carbonyl (C=O) groups excluding carboxylic acids is 1. The minimum Gasteiger partial charge on any atom is -0.442 e. The molecule has 5 heteroatoms. The van der Waals surface area contributed by atoms with Gasteiger partial charge in [-0.3, -0.25) is 0 Å². The van der Waals surface area contributed by atoms with Gasteiger partial charge in [0.15, 0.2) is 0 Å². The van der Waals surface area contributed by atoms with Gasteiger partial charge >= 0.3 is 6.09 Å². The third-order valence-corrected chi connectivity index (χ3v) is 3.85. The lowest BCUT2D eigenvalue weighted by Crippen LogP contribution is -2.44. The van der Waals surface area contributed by atoms with E-state index in [9.17, 15) is 4.79 Å². The first kappa shape index (κ1) is 14.3. The third-order valence-electron chi connectivity index (χ3n) is 3.36. The average Bonchev–Trinajstić information content (AvgIpc) is 3.06. The lowest BCUT2D eigenvalue weighted by molar-refractivity contribution is 0.0427. The van der Waals surface area contributed by atoms with Crippen LogP contribution in [-0.4, -0.2) is 18.2 Å². The van der Waals surface area contributed by atoms with Gasteiger partial charge in [0.05, 0.1) is 0 Å². The summed E-state index contributed by atoms with van der Waals surface area (Å²) in [5, 5.41) is 3.51. The monoisotopic (exact) mass is 326 g/mol. The van der Waals surface area contributed by atoms with Crippen LogP contribution in [0.15, 0.2) is 28.7 Å². The lowest BCUT2D eigenvalue weighted by Gasteiger charge is -2.28. The Balaban J connectivity index is 2.01. The van der Waals surface area contributed by atoms with Crippen molar-refractivity contribution in [3.8, 4) is 0 Å². The van der Waals surface area contributed by atoms with Crippen LogP contribution in [-0.2, 0) is 10.3 Å². The molecule has 0 unspecified atom stereocenters. The summed E-state index contributed by atoms with van der Waals surface area (Å²) in [5.74, 6) is 0. The highest BCUT2D eigenvalue weighted by molar-refractivity contribution is 9.10. The van der Waals surface area contributed by atoms with Crippen molar-refractivity contribution in [3.05, 3.63) is 34.3 Å². The molecule has 1 fully saturated rings. The predicted octanol–water partition coefficient (Wildman–Crippen LogP) is 2.90. The van der Waals surface area contributed by atoms with Gasteiger partial charge in [0.2, 0.25) is 0 Å². The van der Waals surface area contributed by atoms with Crippen molar-refractivity contribution < 1.29 is 9.53 Å². The molecule has 1 aromatic carbocycles. The van der Waals surface area contributed by atoms with Gasteiger partial charge in [-0.05, 0) is 44.4 Å². The molecule has 0 radical (unpaired) electrons. The minimum absolute atomic E-state index is 0.0159. The second kappa shape index (κ2) is 5.13. The summed E-state index contributed by atoms with van der Waals surface area (Å²) in [4.78, 5) is 10.8. The van der Waals surface area contributed by atoms with Gasteiger partial charge in [-0.15, -0.1) is 0 Å². The fourth-order valence-electron chi connectivity index (χ4n) is 2.17. The van der Waals surface area contributed by atoms with E-state index in [4.69, 9.17) is 10.5 Å². The lowest BCUT2D eigenvalue weighted by atomic mass is 10.0. The Bertz CT molecular complexity index is 484. The van der Waals surface area contributed by atoms with Crippen molar-refractivity contribution in [2.75, 3.05) is 6.54 Å². The molecule has 104 valence electrons. The zero-order valence-corrected chi connectivity index (χ0v) is 12.8. The molecule has 0 spiro atoms. The summed E-state index contributed by atoms with van der Waals surface area (Å²) in [6.07, 6.45) is 1.45. The highest BCUT2D eigenvalue weighted by Crippen LogP contribution is 2.46. The molecule has 0 saturated heterocycles. The Morgan fingerprint density at radius 1 is 1.53 bits per heavy atom. The van der Waals surface area contributed by atoms with Gasteiger partial charge in [-0.1, -0.05) is 28.1 Å². The van der Waals surface area contributed by atoms with Gasteiger partial charge in [0.25, 0.3) is 0 Å². The second-order valence-electron chi connectivity index (χ2n) is 5.63. The van der Waals surface area contributed by atoms with Crippen LogP contribution in [0.2, 0.25) is 0 Å². The van der Waals surface area contributed by atoms with E-state index in [1.807, 2.05) is 26.0 Å². The molecule has 0 aliphatic heterocycles. The van der Waals surface area contributed by atoms with E-state index in [0.717, 1.165) is 17.3 Å². The number of benzene rings is 1. The van der Waals surface area contributed by atoms with E-state index in [-0.39, 0.29) is 5.54 Å². The Kier molecular flexibility index (Phi) is 3.87.